The second kappa shape index (κ2) is 9.10. The van der Waals surface area contributed by atoms with Crippen molar-refractivity contribution in [3.05, 3.63) is 70.8 Å². The van der Waals surface area contributed by atoms with Gasteiger partial charge in [-0.1, -0.05) is 41.7 Å². The summed E-state index contributed by atoms with van der Waals surface area (Å²) in [4.78, 5) is 17.8. The lowest BCUT2D eigenvalue weighted by Gasteiger charge is -2.40. The summed E-state index contributed by atoms with van der Waals surface area (Å²) >= 11 is 0. The van der Waals surface area contributed by atoms with Gasteiger partial charge >= 0.3 is 0 Å². The second-order valence-electron chi connectivity index (χ2n) is 10.2. The highest BCUT2D eigenvalue weighted by atomic mass is 16.3. The van der Waals surface area contributed by atoms with Crippen LogP contribution in [0.4, 0.5) is 0 Å². The number of hydrogen-bond donors (Lipinski definition) is 1. The number of rotatable bonds is 3. The molecule has 2 aromatic carbocycles. The number of aryl methyl sites for hydroxylation is 1. The third-order valence-electron chi connectivity index (χ3n) is 6.60. The molecule has 0 radical (unpaired) electrons. The normalized spacial score (nSPS) is 21.4. The predicted octanol–water partition coefficient (Wildman–Crippen LogP) is 4.25. The van der Waals surface area contributed by atoms with Gasteiger partial charge in [0, 0.05) is 42.7 Å². The summed E-state index contributed by atoms with van der Waals surface area (Å²) in [5.41, 5.74) is 3.40. The average Bonchev–Trinajstić information content (AvgIpc) is 3.14. The van der Waals surface area contributed by atoms with Crippen molar-refractivity contribution in [1.29, 1.82) is 0 Å². The Labute approximate surface area is 192 Å². The van der Waals surface area contributed by atoms with E-state index in [0.29, 0.717) is 5.56 Å². The van der Waals surface area contributed by atoms with Crippen LogP contribution >= 0.6 is 0 Å². The van der Waals surface area contributed by atoms with Crippen molar-refractivity contribution >= 4 is 5.91 Å². The monoisotopic (exact) mass is 430 g/mol. The average molecular weight is 431 g/mol. The van der Waals surface area contributed by atoms with Gasteiger partial charge in [0.05, 0.1) is 0 Å². The summed E-state index contributed by atoms with van der Waals surface area (Å²) in [6.45, 7) is 10.3. The zero-order valence-corrected chi connectivity index (χ0v) is 19.5. The molecule has 4 rings (SSSR count). The lowest BCUT2D eigenvalue weighted by atomic mass is 9.79. The number of likely N-dealkylation sites (tertiary alicyclic amines) is 2. The molecule has 0 aromatic heterocycles. The summed E-state index contributed by atoms with van der Waals surface area (Å²) in [6, 6.07) is 16.2. The first kappa shape index (κ1) is 22.6. The van der Waals surface area contributed by atoms with Crippen molar-refractivity contribution in [2.24, 2.45) is 5.41 Å². The fourth-order valence-electron chi connectivity index (χ4n) is 5.06. The lowest BCUT2D eigenvalue weighted by Crippen LogP contribution is -2.45. The molecule has 0 bridgehead atoms. The Kier molecular flexibility index (Phi) is 6.42. The van der Waals surface area contributed by atoms with Gasteiger partial charge in [-0.15, -0.1) is 0 Å². The van der Waals surface area contributed by atoms with Gasteiger partial charge in [-0.2, -0.15) is 0 Å². The Morgan fingerprint density at radius 3 is 2.59 bits per heavy atom. The summed E-state index contributed by atoms with van der Waals surface area (Å²) in [5, 5.41) is 9.76. The fourth-order valence-corrected chi connectivity index (χ4v) is 5.06. The first-order valence-corrected chi connectivity index (χ1v) is 11.6. The number of amides is 1. The molecule has 4 heteroatoms. The van der Waals surface area contributed by atoms with Crippen molar-refractivity contribution in [3.8, 4) is 11.8 Å². The molecular weight excluding hydrogens is 396 g/mol. The summed E-state index contributed by atoms with van der Waals surface area (Å²) in [5.74, 6) is 5.89. The van der Waals surface area contributed by atoms with Crippen molar-refractivity contribution in [2.45, 2.75) is 52.2 Å². The topological polar surface area (TPSA) is 43.8 Å². The van der Waals surface area contributed by atoms with Crippen molar-refractivity contribution in [3.63, 3.8) is 0 Å². The highest BCUT2D eigenvalue weighted by Gasteiger charge is 2.42. The van der Waals surface area contributed by atoms with Crippen molar-refractivity contribution in [2.75, 3.05) is 26.2 Å². The molecule has 0 unspecified atom stereocenters. The maximum absolute atomic E-state index is 13.1. The minimum Gasteiger partial charge on any atom is -0.378 e. The van der Waals surface area contributed by atoms with Gasteiger partial charge in [0.15, 0.2) is 0 Å². The number of hydrogen-bond acceptors (Lipinski definition) is 3. The van der Waals surface area contributed by atoms with Crippen molar-refractivity contribution < 1.29 is 9.90 Å². The molecule has 1 N–H and O–H groups in total. The van der Waals surface area contributed by atoms with Crippen LogP contribution < -0.4 is 0 Å². The first-order valence-electron chi connectivity index (χ1n) is 11.6. The molecule has 2 aliphatic heterocycles. The van der Waals surface area contributed by atoms with Gasteiger partial charge in [-0.3, -0.25) is 9.69 Å². The van der Waals surface area contributed by atoms with Crippen LogP contribution in [0.15, 0.2) is 48.5 Å². The molecule has 1 amide bonds. The van der Waals surface area contributed by atoms with Gasteiger partial charge < -0.3 is 10.0 Å². The summed E-state index contributed by atoms with van der Waals surface area (Å²) in [7, 11) is 0. The Balaban J connectivity index is 1.38. The molecule has 1 atom stereocenters. The molecule has 2 aromatic rings. The van der Waals surface area contributed by atoms with E-state index in [2.05, 4.69) is 47.9 Å². The van der Waals surface area contributed by atoms with Crippen LogP contribution in [-0.4, -0.2) is 52.6 Å². The Morgan fingerprint density at radius 2 is 1.88 bits per heavy atom. The van der Waals surface area contributed by atoms with Crippen LogP contribution in [0.3, 0.4) is 0 Å². The van der Waals surface area contributed by atoms with Gasteiger partial charge in [-0.25, -0.2) is 0 Å². The molecule has 32 heavy (non-hydrogen) atoms. The molecule has 0 saturated carbocycles. The number of aliphatic hydroxyl groups is 1. The van der Waals surface area contributed by atoms with E-state index in [1.54, 1.807) is 13.8 Å². The summed E-state index contributed by atoms with van der Waals surface area (Å²) in [6.07, 6.45) is 3.48. The van der Waals surface area contributed by atoms with Gasteiger partial charge in [0.1, 0.15) is 5.60 Å². The van der Waals surface area contributed by atoms with Crippen LogP contribution in [0.5, 0.6) is 0 Å². The Morgan fingerprint density at radius 1 is 1.09 bits per heavy atom. The van der Waals surface area contributed by atoms with Crippen LogP contribution in [-0.2, 0) is 6.54 Å². The molecule has 2 saturated heterocycles. The highest BCUT2D eigenvalue weighted by Crippen LogP contribution is 2.39. The van der Waals surface area contributed by atoms with Crippen LogP contribution in [0.25, 0.3) is 0 Å². The highest BCUT2D eigenvalue weighted by molar-refractivity contribution is 5.94. The molecule has 168 valence electrons. The van der Waals surface area contributed by atoms with E-state index in [1.165, 1.54) is 24.0 Å². The van der Waals surface area contributed by atoms with Gasteiger partial charge in [-0.05, 0) is 76.4 Å². The van der Waals surface area contributed by atoms with E-state index in [1.807, 2.05) is 29.2 Å². The fraction of sp³-hybridized carbons (Fsp3) is 0.464. The number of nitrogens with zero attached hydrogens (tertiary/aromatic N) is 2. The van der Waals surface area contributed by atoms with Crippen LogP contribution in [0.1, 0.15) is 60.2 Å². The smallest absolute Gasteiger partial charge is 0.253 e. The minimum absolute atomic E-state index is 0.111. The van der Waals surface area contributed by atoms with E-state index < -0.39 is 5.60 Å². The lowest BCUT2D eigenvalue weighted by molar-refractivity contribution is 0.0675. The molecule has 2 fully saturated rings. The number of carbonyl (C=O) groups excluding carboxylic acids is 1. The molecule has 2 heterocycles. The quantitative estimate of drug-likeness (QED) is 0.741. The minimum atomic E-state index is -1.02. The SMILES string of the molecule is Cc1cccc(CN2CCC[C@]3(CCN(C(=O)c4ccc(C#CC(C)(C)O)cc4)C3)C2)c1. The Hall–Kier alpha value is -2.61. The summed E-state index contributed by atoms with van der Waals surface area (Å²) < 4.78 is 0. The molecule has 4 nitrogen and oxygen atoms in total. The molecule has 2 aliphatic rings. The third-order valence-corrected chi connectivity index (χ3v) is 6.60. The maximum Gasteiger partial charge on any atom is 0.253 e. The largest absolute Gasteiger partial charge is 0.378 e. The van der Waals surface area contributed by atoms with E-state index in [9.17, 15) is 9.90 Å². The van der Waals surface area contributed by atoms with E-state index >= 15 is 0 Å². The van der Waals surface area contributed by atoms with Gasteiger partial charge in [0.25, 0.3) is 5.91 Å². The van der Waals surface area contributed by atoms with Gasteiger partial charge in [0.2, 0.25) is 0 Å². The number of piperidine rings is 1. The first-order chi connectivity index (χ1) is 15.2. The molecule has 0 aliphatic carbocycles. The molecular formula is C28H34N2O2. The van der Waals surface area contributed by atoms with Crippen LogP contribution in [0, 0.1) is 24.2 Å². The number of carbonyl (C=O) groups is 1. The second-order valence-corrected chi connectivity index (χ2v) is 10.2. The zero-order valence-electron chi connectivity index (χ0n) is 19.5. The van der Waals surface area contributed by atoms with E-state index in [4.69, 9.17) is 0 Å². The predicted molar refractivity (Wildman–Crippen MR) is 128 cm³/mol. The number of benzene rings is 2. The molecule has 1 spiro atoms. The standard InChI is InChI=1S/C28H34N2O2/c1-22-6-4-7-24(18-22)19-29-16-5-13-28(20-29)15-17-30(21-28)26(31)25-10-8-23(9-11-25)12-14-27(2,3)32/h4,6-11,18,32H,5,13,15-17,19-21H2,1-3H3/t28-/m0/s1. The van der Waals surface area contributed by atoms with E-state index in [0.717, 1.165) is 44.7 Å². The zero-order chi connectivity index (χ0) is 22.8. The van der Waals surface area contributed by atoms with Crippen molar-refractivity contribution in [1.82, 2.24) is 9.80 Å². The Bertz CT molecular complexity index is 1030. The maximum atomic E-state index is 13.1. The van der Waals surface area contributed by atoms with E-state index in [-0.39, 0.29) is 11.3 Å². The third kappa shape index (κ3) is 5.59. The van der Waals surface area contributed by atoms with Crippen LogP contribution in [0.2, 0.25) is 0 Å².